The van der Waals surface area contributed by atoms with Crippen molar-refractivity contribution in [2.75, 3.05) is 0 Å². The summed E-state index contributed by atoms with van der Waals surface area (Å²) >= 11 is 0. The lowest BCUT2D eigenvalue weighted by atomic mass is 9.61. The molecule has 25 heavy (non-hydrogen) atoms. The second kappa shape index (κ2) is 6.55. The number of H-pyrrole nitrogens is 2. The lowest BCUT2D eigenvalue weighted by Gasteiger charge is -2.45. The molecule has 3 aromatic rings. The average molecular weight is 341 g/mol. The van der Waals surface area contributed by atoms with Crippen LogP contribution in [0.25, 0.3) is 11.0 Å². The van der Waals surface area contributed by atoms with Gasteiger partial charge in [-0.05, 0) is 38.3 Å². The van der Waals surface area contributed by atoms with Gasteiger partial charge in [-0.3, -0.25) is 5.10 Å². The molecule has 0 spiro atoms. The molecule has 0 fully saturated rings. The summed E-state index contributed by atoms with van der Waals surface area (Å²) in [6.07, 6.45) is 3.96. The van der Waals surface area contributed by atoms with E-state index in [9.17, 15) is 0 Å². The molecule has 0 aliphatic rings. The van der Waals surface area contributed by atoms with Gasteiger partial charge < -0.3 is 5.73 Å². The summed E-state index contributed by atoms with van der Waals surface area (Å²) < 4.78 is 0. The Kier molecular flexibility index (Phi) is 4.60. The Morgan fingerprint density at radius 2 is 1.96 bits per heavy atom. The smallest absolute Gasteiger partial charge is 0.171 e. The third-order valence-corrected chi connectivity index (χ3v) is 5.48. The normalized spacial score (nSPS) is 16.7. The number of nitrogens with one attached hydrogen (secondary N) is 2. The summed E-state index contributed by atoms with van der Waals surface area (Å²) in [4.78, 5) is 4.56. The largest absolute Gasteiger partial charge is 0.318 e. The van der Waals surface area contributed by atoms with Gasteiger partial charge in [-0.15, -0.1) is 0 Å². The second-order valence-electron chi connectivity index (χ2n) is 6.98. The highest BCUT2D eigenvalue weighted by Gasteiger charge is 2.49. The van der Waals surface area contributed by atoms with Crippen molar-refractivity contribution >= 4 is 11.0 Å². The molecule has 4 N–H and O–H groups in total. The van der Waals surface area contributed by atoms with Crippen LogP contribution in [-0.2, 0) is 11.0 Å². The van der Waals surface area contributed by atoms with Crippen LogP contribution in [0.2, 0.25) is 0 Å². The molecule has 7 nitrogen and oxygen atoms in total. The summed E-state index contributed by atoms with van der Waals surface area (Å²) in [6, 6.07) is 6.11. The molecule has 1 aromatic carbocycles. The van der Waals surface area contributed by atoms with Crippen LogP contribution in [0.5, 0.6) is 0 Å². The first-order chi connectivity index (χ1) is 12.0. The Balaban J connectivity index is 2.24. The number of para-hydroxylation sites is 1. The highest BCUT2D eigenvalue weighted by molar-refractivity contribution is 5.79. The number of aromatic amines is 2. The molecule has 134 valence electrons. The number of unbranched alkanes of at least 4 members (excludes halogenated alkanes) is 1. The predicted molar refractivity (Wildman–Crippen MR) is 98.0 cm³/mol. The molecule has 0 aliphatic heterocycles. The first kappa shape index (κ1) is 17.5. The van der Waals surface area contributed by atoms with E-state index < -0.39 is 5.54 Å². The van der Waals surface area contributed by atoms with Crippen LogP contribution in [0.3, 0.4) is 0 Å². The number of nitrogens with two attached hydrogens (primary N) is 1. The van der Waals surface area contributed by atoms with E-state index in [2.05, 4.69) is 50.5 Å². The van der Waals surface area contributed by atoms with E-state index in [1.54, 1.807) is 0 Å². The van der Waals surface area contributed by atoms with E-state index in [-0.39, 0.29) is 5.41 Å². The number of fused-ring (bicyclic) bond motifs is 1. The van der Waals surface area contributed by atoms with E-state index in [0.717, 1.165) is 48.1 Å². The summed E-state index contributed by atoms with van der Waals surface area (Å²) in [6.45, 7) is 8.30. The van der Waals surface area contributed by atoms with Crippen molar-refractivity contribution in [2.45, 2.75) is 64.3 Å². The first-order valence-corrected chi connectivity index (χ1v) is 8.94. The number of benzene rings is 1. The number of aryl methyl sites for hydroxylation is 1. The van der Waals surface area contributed by atoms with Gasteiger partial charge in [0.15, 0.2) is 5.82 Å². The molecule has 7 heteroatoms. The van der Waals surface area contributed by atoms with Gasteiger partial charge in [-0.1, -0.05) is 38.8 Å². The van der Waals surface area contributed by atoms with Gasteiger partial charge in [0.1, 0.15) is 16.9 Å². The molecule has 0 bridgehead atoms. The van der Waals surface area contributed by atoms with Crippen molar-refractivity contribution in [1.29, 1.82) is 0 Å². The van der Waals surface area contributed by atoms with Crippen LogP contribution < -0.4 is 5.73 Å². The molecule has 0 radical (unpaired) electrons. The minimum atomic E-state index is -0.741. The second-order valence-corrected chi connectivity index (χ2v) is 6.98. The number of rotatable bonds is 7. The summed E-state index contributed by atoms with van der Waals surface area (Å²) in [5.41, 5.74) is 8.74. The molecule has 2 aromatic heterocycles. The van der Waals surface area contributed by atoms with E-state index in [1.807, 2.05) is 26.0 Å². The monoisotopic (exact) mass is 341 g/mol. The molecule has 3 rings (SSSR count). The highest BCUT2D eigenvalue weighted by atomic mass is 15.3. The van der Waals surface area contributed by atoms with Crippen LogP contribution in [0, 0.1) is 6.92 Å². The highest BCUT2D eigenvalue weighted by Crippen LogP contribution is 2.47. The van der Waals surface area contributed by atoms with Gasteiger partial charge in [-0.25, -0.2) is 4.98 Å². The summed E-state index contributed by atoms with van der Waals surface area (Å²) in [7, 11) is 0. The lowest BCUT2D eigenvalue weighted by molar-refractivity contribution is 0.196. The van der Waals surface area contributed by atoms with E-state index in [4.69, 9.17) is 5.73 Å². The fourth-order valence-electron chi connectivity index (χ4n) is 3.93. The molecule has 2 atom stereocenters. The van der Waals surface area contributed by atoms with E-state index >= 15 is 0 Å². The molecule has 0 amide bonds. The molecule has 2 heterocycles. The van der Waals surface area contributed by atoms with Crippen molar-refractivity contribution in [3.63, 3.8) is 0 Å². The van der Waals surface area contributed by atoms with Gasteiger partial charge in [0.25, 0.3) is 0 Å². The Hall–Kier alpha value is -2.28. The lowest BCUT2D eigenvalue weighted by Crippen LogP contribution is -2.54. The minimum Gasteiger partial charge on any atom is -0.318 e. The fourth-order valence-corrected chi connectivity index (χ4v) is 3.93. The SMILES string of the molecule is CCCCC(CC)(c1cccc2n[nH]nc12)C(C)(N)c1n[nH]c(C)n1. The first-order valence-electron chi connectivity index (χ1n) is 8.94. The van der Waals surface area contributed by atoms with Crippen LogP contribution in [0.15, 0.2) is 18.2 Å². The van der Waals surface area contributed by atoms with Gasteiger partial charge >= 0.3 is 0 Å². The van der Waals surface area contributed by atoms with E-state index in [1.165, 1.54) is 0 Å². The van der Waals surface area contributed by atoms with Crippen LogP contribution in [0.1, 0.15) is 63.7 Å². The van der Waals surface area contributed by atoms with Gasteiger partial charge in [-0.2, -0.15) is 20.5 Å². The molecule has 0 aliphatic carbocycles. The third-order valence-electron chi connectivity index (χ3n) is 5.48. The maximum atomic E-state index is 6.97. The van der Waals surface area contributed by atoms with Gasteiger partial charge in [0, 0.05) is 5.41 Å². The average Bonchev–Trinajstić information content (AvgIpc) is 3.24. The minimum absolute atomic E-state index is 0.339. The Bertz CT molecular complexity index is 848. The summed E-state index contributed by atoms with van der Waals surface area (Å²) in [5.74, 6) is 1.41. The molecule has 0 saturated heterocycles. The van der Waals surface area contributed by atoms with Crippen LogP contribution in [-0.4, -0.2) is 30.6 Å². The Morgan fingerprint density at radius 3 is 2.60 bits per heavy atom. The number of hydrogen-bond donors (Lipinski definition) is 3. The third kappa shape index (κ3) is 2.72. The Labute approximate surface area is 147 Å². The predicted octanol–water partition coefficient (Wildman–Crippen LogP) is 3.10. The molecule has 2 unspecified atom stereocenters. The maximum Gasteiger partial charge on any atom is 0.171 e. The van der Waals surface area contributed by atoms with Crippen LogP contribution in [0.4, 0.5) is 0 Å². The zero-order chi connectivity index (χ0) is 18.1. The molecular weight excluding hydrogens is 314 g/mol. The van der Waals surface area contributed by atoms with Crippen molar-refractivity contribution in [3.8, 4) is 0 Å². The molecule has 0 saturated carbocycles. The fraction of sp³-hybridized carbons (Fsp3) is 0.556. The van der Waals surface area contributed by atoms with E-state index in [0.29, 0.717) is 5.82 Å². The van der Waals surface area contributed by atoms with Gasteiger partial charge in [0.05, 0.1) is 5.54 Å². The van der Waals surface area contributed by atoms with Gasteiger partial charge in [0.2, 0.25) is 0 Å². The topological polar surface area (TPSA) is 109 Å². The van der Waals surface area contributed by atoms with Crippen LogP contribution >= 0.6 is 0 Å². The Morgan fingerprint density at radius 1 is 1.16 bits per heavy atom. The molecular formula is C18H27N7. The number of aromatic nitrogens is 6. The number of hydrogen-bond acceptors (Lipinski definition) is 5. The van der Waals surface area contributed by atoms with Crippen molar-refractivity contribution in [3.05, 3.63) is 35.4 Å². The maximum absolute atomic E-state index is 6.97. The zero-order valence-corrected chi connectivity index (χ0v) is 15.4. The van der Waals surface area contributed by atoms with Crippen molar-refractivity contribution in [1.82, 2.24) is 30.6 Å². The van der Waals surface area contributed by atoms with Crippen molar-refractivity contribution in [2.24, 2.45) is 5.73 Å². The summed E-state index contributed by atoms with van der Waals surface area (Å²) in [5, 5.41) is 18.7. The quantitative estimate of drug-likeness (QED) is 0.612. The van der Waals surface area contributed by atoms with Crippen molar-refractivity contribution < 1.29 is 0 Å². The standard InChI is InChI=1S/C18H27N7/c1-5-7-11-18(6-2,17(4,19)16-20-12(3)21-24-16)13-9-8-10-14-15(13)23-25-22-14/h8-10H,5-7,11,19H2,1-4H3,(H,20,21,24)(H,22,23,25). The zero-order valence-electron chi connectivity index (χ0n) is 15.4. The number of nitrogens with zero attached hydrogens (tertiary/aromatic N) is 4.